The molecule has 0 heterocycles. The Morgan fingerprint density at radius 2 is 1.14 bits per heavy atom. The van der Waals surface area contributed by atoms with Gasteiger partial charge >= 0.3 is 0 Å². The topological polar surface area (TPSA) is 32.3 Å². The van der Waals surface area contributed by atoms with E-state index >= 15 is 0 Å². The van der Waals surface area contributed by atoms with Crippen molar-refractivity contribution in [2.24, 2.45) is 5.92 Å². The number of aliphatic hydroxyl groups excluding tert-OH is 1. The van der Waals surface area contributed by atoms with Crippen LogP contribution in [0.5, 0.6) is 0 Å². The summed E-state index contributed by atoms with van der Waals surface area (Å²) in [6, 6.07) is 0. The van der Waals surface area contributed by atoms with Crippen LogP contribution in [0.15, 0.2) is 0 Å². The van der Waals surface area contributed by atoms with Crippen molar-refractivity contribution in [2.75, 3.05) is 19.7 Å². The first-order valence-electron chi connectivity index (χ1n) is 10.2. The van der Waals surface area contributed by atoms with E-state index in [9.17, 15) is 0 Å². The minimum Gasteiger partial charge on any atom is -0.396 e. The number of hydrogen-bond acceptors (Lipinski definition) is 2. The Bertz CT molecular complexity index is 192. The van der Waals surface area contributed by atoms with Gasteiger partial charge in [-0.1, -0.05) is 90.9 Å². The maximum Gasteiger partial charge on any atom is 0.0471 e. The highest BCUT2D eigenvalue weighted by molar-refractivity contribution is 4.59. The maximum atomic E-state index is 9.10. The van der Waals surface area contributed by atoms with E-state index in [1.54, 1.807) is 0 Å². The van der Waals surface area contributed by atoms with Gasteiger partial charge in [0, 0.05) is 13.2 Å². The van der Waals surface area contributed by atoms with Crippen LogP contribution in [-0.4, -0.2) is 24.8 Å². The third-order valence-electron chi connectivity index (χ3n) is 4.73. The first kappa shape index (κ1) is 21.9. The number of nitrogens with one attached hydrogen (secondary N) is 1. The van der Waals surface area contributed by atoms with Crippen molar-refractivity contribution >= 4 is 0 Å². The second-order valence-corrected chi connectivity index (χ2v) is 6.90. The van der Waals surface area contributed by atoms with Gasteiger partial charge in [0.2, 0.25) is 0 Å². The molecule has 0 rings (SSSR count). The van der Waals surface area contributed by atoms with Gasteiger partial charge in [-0.25, -0.2) is 0 Å². The van der Waals surface area contributed by atoms with Gasteiger partial charge < -0.3 is 10.4 Å². The summed E-state index contributed by atoms with van der Waals surface area (Å²) in [6.07, 6.45) is 19.5. The molecule has 0 saturated heterocycles. The second kappa shape index (κ2) is 19.0. The van der Waals surface area contributed by atoms with Crippen molar-refractivity contribution in [3.8, 4) is 0 Å². The highest BCUT2D eigenvalue weighted by atomic mass is 16.3. The fraction of sp³-hybridized carbons (Fsp3) is 1.00. The summed E-state index contributed by atoms with van der Waals surface area (Å²) in [7, 11) is 0. The van der Waals surface area contributed by atoms with Gasteiger partial charge in [-0.05, 0) is 25.3 Å². The molecule has 2 heteroatoms. The van der Waals surface area contributed by atoms with E-state index in [-0.39, 0.29) is 0 Å². The van der Waals surface area contributed by atoms with Gasteiger partial charge in [0.25, 0.3) is 0 Å². The molecular weight excluding hydrogens is 270 g/mol. The average Bonchev–Trinajstić information content (AvgIpc) is 2.55. The van der Waals surface area contributed by atoms with Gasteiger partial charge in [-0.2, -0.15) is 0 Å². The van der Waals surface area contributed by atoms with E-state index in [1.165, 1.54) is 83.5 Å². The number of unbranched alkanes of at least 4 members (excludes halogenated alkanes) is 12. The molecule has 0 spiro atoms. The lowest BCUT2D eigenvalue weighted by atomic mass is 10.0. The zero-order valence-corrected chi connectivity index (χ0v) is 15.5. The van der Waals surface area contributed by atoms with Gasteiger partial charge in [0.05, 0.1) is 0 Å². The second-order valence-electron chi connectivity index (χ2n) is 6.90. The smallest absolute Gasteiger partial charge is 0.0471 e. The van der Waals surface area contributed by atoms with E-state index in [1.807, 2.05) is 0 Å². The third kappa shape index (κ3) is 16.3. The van der Waals surface area contributed by atoms with Gasteiger partial charge in [0.1, 0.15) is 0 Å². The van der Waals surface area contributed by atoms with Crippen LogP contribution in [0.2, 0.25) is 0 Å². The Morgan fingerprint density at radius 3 is 1.55 bits per heavy atom. The van der Waals surface area contributed by atoms with Crippen LogP contribution in [0.25, 0.3) is 0 Å². The summed E-state index contributed by atoms with van der Waals surface area (Å²) in [5, 5.41) is 12.6. The van der Waals surface area contributed by atoms with E-state index < -0.39 is 0 Å². The molecule has 2 N–H and O–H groups in total. The van der Waals surface area contributed by atoms with Gasteiger partial charge in [-0.15, -0.1) is 0 Å². The van der Waals surface area contributed by atoms with E-state index in [4.69, 9.17) is 5.11 Å². The zero-order valence-electron chi connectivity index (χ0n) is 15.5. The Balaban J connectivity index is 3.02. The third-order valence-corrected chi connectivity index (χ3v) is 4.73. The molecule has 1 unspecified atom stereocenters. The molecule has 0 aliphatic rings. The minimum atomic E-state index is 0.322. The first-order chi connectivity index (χ1) is 10.8. The summed E-state index contributed by atoms with van der Waals surface area (Å²) >= 11 is 0. The molecule has 0 radical (unpaired) electrons. The average molecular weight is 314 g/mol. The van der Waals surface area contributed by atoms with Crippen LogP contribution >= 0.6 is 0 Å². The quantitative estimate of drug-likeness (QED) is 0.319. The highest BCUT2D eigenvalue weighted by Crippen LogP contribution is 2.12. The highest BCUT2D eigenvalue weighted by Gasteiger charge is 2.02. The monoisotopic (exact) mass is 313 g/mol. The molecule has 134 valence electrons. The summed E-state index contributed by atoms with van der Waals surface area (Å²) in [4.78, 5) is 0. The van der Waals surface area contributed by atoms with Crippen molar-refractivity contribution in [3.63, 3.8) is 0 Å². The summed E-state index contributed by atoms with van der Waals surface area (Å²) in [5.74, 6) is 0.446. The van der Waals surface area contributed by atoms with E-state index in [0.717, 1.165) is 19.5 Å². The van der Waals surface area contributed by atoms with Crippen molar-refractivity contribution in [1.29, 1.82) is 0 Å². The van der Waals surface area contributed by atoms with Crippen molar-refractivity contribution < 1.29 is 5.11 Å². The molecule has 0 aromatic rings. The van der Waals surface area contributed by atoms with Gasteiger partial charge in [-0.3, -0.25) is 0 Å². The first-order valence-corrected chi connectivity index (χ1v) is 10.2. The summed E-state index contributed by atoms with van der Waals surface area (Å²) in [6.45, 7) is 6.85. The standard InChI is InChI=1S/C20H43NO/c1-3-5-6-7-8-9-10-11-12-13-14-15-16-17-21-18-20(4-2)19-22/h20-22H,3-19H2,1-2H3. The lowest BCUT2D eigenvalue weighted by Gasteiger charge is -2.12. The van der Waals surface area contributed by atoms with E-state index in [0.29, 0.717) is 12.5 Å². The molecule has 0 amide bonds. The lowest BCUT2D eigenvalue weighted by molar-refractivity contribution is 0.219. The number of hydrogen-bond donors (Lipinski definition) is 2. The fourth-order valence-corrected chi connectivity index (χ4v) is 2.91. The van der Waals surface area contributed by atoms with E-state index in [2.05, 4.69) is 19.2 Å². The van der Waals surface area contributed by atoms with Crippen LogP contribution in [-0.2, 0) is 0 Å². The molecule has 0 aromatic carbocycles. The molecule has 2 nitrogen and oxygen atoms in total. The molecule has 0 aliphatic carbocycles. The number of rotatable bonds is 18. The summed E-state index contributed by atoms with van der Waals surface area (Å²) in [5.41, 5.74) is 0. The Kier molecular flexibility index (Phi) is 18.9. The predicted octanol–water partition coefficient (Wildman–Crippen LogP) is 5.69. The SMILES string of the molecule is CCCCCCCCCCCCCCCNCC(CC)CO. The van der Waals surface area contributed by atoms with Crippen molar-refractivity contribution in [2.45, 2.75) is 104 Å². The van der Waals surface area contributed by atoms with Gasteiger partial charge in [0.15, 0.2) is 0 Å². The molecule has 0 aromatic heterocycles. The lowest BCUT2D eigenvalue weighted by Crippen LogP contribution is -2.25. The van der Waals surface area contributed by atoms with Crippen LogP contribution in [0, 0.1) is 5.92 Å². The normalized spacial score (nSPS) is 12.7. The maximum absolute atomic E-state index is 9.10. The Hall–Kier alpha value is -0.0800. The zero-order chi connectivity index (χ0) is 16.3. The predicted molar refractivity (Wildman–Crippen MR) is 99.4 cm³/mol. The largest absolute Gasteiger partial charge is 0.396 e. The molecule has 0 bridgehead atoms. The molecule has 1 atom stereocenters. The van der Waals surface area contributed by atoms with Crippen LogP contribution < -0.4 is 5.32 Å². The van der Waals surface area contributed by atoms with Crippen LogP contribution in [0.3, 0.4) is 0 Å². The van der Waals surface area contributed by atoms with Crippen LogP contribution in [0.4, 0.5) is 0 Å². The molecule has 0 aliphatic heterocycles. The number of aliphatic hydroxyl groups is 1. The fourth-order valence-electron chi connectivity index (χ4n) is 2.91. The van der Waals surface area contributed by atoms with Crippen LogP contribution in [0.1, 0.15) is 104 Å². The minimum absolute atomic E-state index is 0.322. The van der Waals surface area contributed by atoms with Crippen molar-refractivity contribution in [3.05, 3.63) is 0 Å². The molecule has 22 heavy (non-hydrogen) atoms. The molecule has 0 fully saturated rings. The molecular formula is C20H43NO. The Morgan fingerprint density at radius 1 is 0.682 bits per heavy atom. The molecule has 0 saturated carbocycles. The van der Waals surface area contributed by atoms with Crippen molar-refractivity contribution in [1.82, 2.24) is 5.32 Å². The summed E-state index contributed by atoms with van der Waals surface area (Å²) < 4.78 is 0. The Labute approximate surface area is 140 Å².